The highest BCUT2D eigenvalue weighted by Gasteiger charge is 2.38. The fourth-order valence-electron chi connectivity index (χ4n) is 1.83. The maximum atomic E-state index is 11.9. The fourth-order valence-corrected chi connectivity index (χ4v) is 1.83. The predicted molar refractivity (Wildman–Crippen MR) is 61.7 cm³/mol. The largest absolute Gasteiger partial charge is 0.480 e. The number of aliphatic carboxylic acids is 1. The first-order chi connectivity index (χ1) is 8.05. The van der Waals surface area contributed by atoms with Gasteiger partial charge in [0.25, 0.3) is 5.91 Å². The first-order valence-corrected chi connectivity index (χ1v) is 5.93. The topological polar surface area (TPSA) is 87.7 Å². The van der Waals surface area contributed by atoms with Crippen LogP contribution in [-0.4, -0.2) is 48.3 Å². The summed E-state index contributed by atoms with van der Waals surface area (Å²) in [5.74, 6) is -1.36. The zero-order valence-corrected chi connectivity index (χ0v) is 10.3. The van der Waals surface area contributed by atoms with Crippen molar-refractivity contribution in [2.45, 2.75) is 38.3 Å². The van der Waals surface area contributed by atoms with Gasteiger partial charge in [-0.2, -0.15) is 0 Å². The number of morpholine rings is 1. The van der Waals surface area contributed by atoms with Crippen molar-refractivity contribution in [2.24, 2.45) is 0 Å². The third kappa shape index (κ3) is 3.17. The van der Waals surface area contributed by atoms with Crippen LogP contribution in [0.3, 0.4) is 0 Å². The summed E-state index contributed by atoms with van der Waals surface area (Å²) >= 11 is 0. The molecular formula is C11H20N2O4. The molecule has 98 valence electrons. The number of carboxylic acids is 1. The minimum Gasteiger partial charge on any atom is -0.480 e. The van der Waals surface area contributed by atoms with E-state index in [1.165, 1.54) is 0 Å². The highest BCUT2D eigenvalue weighted by Crippen LogP contribution is 2.16. The van der Waals surface area contributed by atoms with Crippen LogP contribution in [0.25, 0.3) is 0 Å². The highest BCUT2D eigenvalue weighted by atomic mass is 16.5. The maximum absolute atomic E-state index is 11.9. The molecule has 6 heteroatoms. The van der Waals surface area contributed by atoms with Crippen LogP contribution in [0.15, 0.2) is 0 Å². The van der Waals surface area contributed by atoms with Gasteiger partial charge in [0.05, 0.1) is 6.61 Å². The second-order valence-corrected chi connectivity index (χ2v) is 4.15. The van der Waals surface area contributed by atoms with E-state index in [1.54, 1.807) is 13.8 Å². The van der Waals surface area contributed by atoms with E-state index in [4.69, 9.17) is 4.74 Å². The van der Waals surface area contributed by atoms with Crippen LogP contribution >= 0.6 is 0 Å². The summed E-state index contributed by atoms with van der Waals surface area (Å²) in [6.45, 7) is 5.11. The minimum atomic E-state index is -1.18. The van der Waals surface area contributed by atoms with Crippen LogP contribution in [0.5, 0.6) is 0 Å². The molecule has 0 aliphatic carbocycles. The van der Waals surface area contributed by atoms with E-state index in [2.05, 4.69) is 10.6 Å². The first kappa shape index (κ1) is 13.9. The molecular weight excluding hydrogens is 224 g/mol. The molecule has 1 heterocycles. The number of amides is 1. The van der Waals surface area contributed by atoms with Crippen molar-refractivity contribution in [1.82, 2.24) is 10.6 Å². The van der Waals surface area contributed by atoms with E-state index in [9.17, 15) is 14.7 Å². The SMILES string of the molecule is CCC(CC)(NC(=O)C1CNCCO1)C(=O)O. The Morgan fingerprint density at radius 3 is 2.53 bits per heavy atom. The Balaban J connectivity index is 2.66. The van der Waals surface area contributed by atoms with Gasteiger partial charge in [0.1, 0.15) is 11.6 Å². The molecule has 1 fully saturated rings. The zero-order valence-electron chi connectivity index (χ0n) is 10.3. The Morgan fingerprint density at radius 1 is 1.47 bits per heavy atom. The van der Waals surface area contributed by atoms with Crippen LogP contribution in [-0.2, 0) is 14.3 Å². The van der Waals surface area contributed by atoms with Crippen molar-refractivity contribution in [2.75, 3.05) is 19.7 Å². The molecule has 1 aliphatic heterocycles. The summed E-state index contributed by atoms with van der Waals surface area (Å²) in [4.78, 5) is 23.1. The Bertz CT molecular complexity index is 283. The smallest absolute Gasteiger partial charge is 0.329 e. The highest BCUT2D eigenvalue weighted by molar-refractivity contribution is 5.89. The predicted octanol–water partition coefficient (Wildman–Crippen LogP) is -0.266. The lowest BCUT2D eigenvalue weighted by Crippen LogP contribution is -2.58. The Hall–Kier alpha value is -1.14. The van der Waals surface area contributed by atoms with Gasteiger partial charge in [-0.1, -0.05) is 13.8 Å². The van der Waals surface area contributed by atoms with E-state index >= 15 is 0 Å². The maximum Gasteiger partial charge on any atom is 0.329 e. The van der Waals surface area contributed by atoms with Crippen molar-refractivity contribution in [1.29, 1.82) is 0 Å². The van der Waals surface area contributed by atoms with Crippen molar-refractivity contribution in [3.05, 3.63) is 0 Å². The van der Waals surface area contributed by atoms with Crippen molar-refractivity contribution < 1.29 is 19.4 Å². The molecule has 1 amide bonds. The lowest BCUT2D eigenvalue weighted by atomic mass is 9.92. The summed E-state index contributed by atoms with van der Waals surface area (Å²) in [7, 11) is 0. The summed E-state index contributed by atoms with van der Waals surface area (Å²) in [5, 5.41) is 14.8. The van der Waals surface area contributed by atoms with Gasteiger partial charge in [-0.05, 0) is 12.8 Å². The molecule has 0 bridgehead atoms. The van der Waals surface area contributed by atoms with Crippen LogP contribution in [0.4, 0.5) is 0 Å². The molecule has 1 aliphatic rings. The van der Waals surface area contributed by atoms with Gasteiger partial charge in [-0.15, -0.1) is 0 Å². The summed E-state index contributed by atoms with van der Waals surface area (Å²) in [6, 6.07) is 0. The van der Waals surface area contributed by atoms with Crippen molar-refractivity contribution >= 4 is 11.9 Å². The molecule has 1 saturated heterocycles. The summed E-state index contributed by atoms with van der Waals surface area (Å²) in [5.41, 5.74) is -1.18. The molecule has 1 atom stereocenters. The molecule has 3 N–H and O–H groups in total. The van der Waals surface area contributed by atoms with E-state index < -0.39 is 17.6 Å². The molecule has 0 saturated carbocycles. The molecule has 0 aromatic rings. The number of carboxylic acid groups (broad SMARTS) is 1. The molecule has 0 spiro atoms. The summed E-state index contributed by atoms with van der Waals surface area (Å²) in [6.07, 6.45) is 0.107. The Kier molecular flexibility index (Phi) is 4.89. The average Bonchev–Trinajstić information content (AvgIpc) is 2.36. The fraction of sp³-hybridized carbons (Fsp3) is 0.818. The second-order valence-electron chi connectivity index (χ2n) is 4.15. The van der Waals surface area contributed by atoms with Crippen LogP contribution in [0, 0.1) is 0 Å². The Morgan fingerprint density at radius 2 is 2.12 bits per heavy atom. The molecule has 17 heavy (non-hydrogen) atoms. The minimum absolute atomic E-state index is 0.352. The van der Waals surface area contributed by atoms with E-state index in [0.717, 1.165) is 6.54 Å². The van der Waals surface area contributed by atoms with Crippen molar-refractivity contribution in [3.63, 3.8) is 0 Å². The first-order valence-electron chi connectivity index (χ1n) is 5.93. The third-order valence-electron chi connectivity index (χ3n) is 3.20. The van der Waals surface area contributed by atoms with Gasteiger partial charge in [0.15, 0.2) is 0 Å². The quantitative estimate of drug-likeness (QED) is 0.620. The second kappa shape index (κ2) is 5.97. The van der Waals surface area contributed by atoms with Crippen LogP contribution < -0.4 is 10.6 Å². The van der Waals surface area contributed by atoms with Crippen LogP contribution in [0.2, 0.25) is 0 Å². The number of carbonyl (C=O) groups is 2. The number of ether oxygens (including phenoxy) is 1. The molecule has 0 aromatic heterocycles. The van der Waals surface area contributed by atoms with Crippen LogP contribution in [0.1, 0.15) is 26.7 Å². The number of nitrogens with one attached hydrogen (secondary N) is 2. The van der Waals surface area contributed by atoms with Crippen molar-refractivity contribution in [3.8, 4) is 0 Å². The number of hydrogen-bond acceptors (Lipinski definition) is 4. The van der Waals surface area contributed by atoms with Gasteiger partial charge in [-0.3, -0.25) is 4.79 Å². The monoisotopic (exact) mass is 244 g/mol. The third-order valence-corrected chi connectivity index (χ3v) is 3.20. The lowest BCUT2D eigenvalue weighted by molar-refractivity contribution is -0.151. The molecule has 0 radical (unpaired) electrons. The van der Waals surface area contributed by atoms with Gasteiger partial charge >= 0.3 is 5.97 Å². The van der Waals surface area contributed by atoms with E-state index in [0.29, 0.717) is 26.0 Å². The molecule has 1 rings (SSSR count). The number of carbonyl (C=O) groups excluding carboxylic acids is 1. The molecule has 0 aromatic carbocycles. The summed E-state index contributed by atoms with van der Waals surface area (Å²) < 4.78 is 5.29. The van der Waals surface area contributed by atoms with Gasteiger partial charge in [0.2, 0.25) is 0 Å². The van der Waals surface area contributed by atoms with E-state index in [1.807, 2.05) is 0 Å². The standard InChI is InChI=1S/C11H20N2O4/c1-3-11(4-2,10(15)16)13-9(14)8-7-12-5-6-17-8/h8,12H,3-7H2,1-2H3,(H,13,14)(H,15,16). The van der Waals surface area contributed by atoms with E-state index in [-0.39, 0.29) is 5.91 Å². The lowest BCUT2D eigenvalue weighted by Gasteiger charge is -2.31. The Labute approximate surface area is 101 Å². The zero-order chi connectivity index (χ0) is 12.9. The number of hydrogen-bond donors (Lipinski definition) is 3. The average molecular weight is 244 g/mol. The van der Waals surface area contributed by atoms with Gasteiger partial charge in [0, 0.05) is 13.1 Å². The molecule has 1 unspecified atom stereocenters. The number of rotatable bonds is 5. The van der Waals surface area contributed by atoms with Gasteiger partial charge < -0.3 is 20.5 Å². The normalized spacial score (nSPS) is 20.9. The molecule has 6 nitrogen and oxygen atoms in total. The van der Waals surface area contributed by atoms with Gasteiger partial charge in [-0.25, -0.2) is 4.79 Å².